The molecule has 0 bridgehead atoms. The smallest absolute Gasteiger partial charge is 0.122 e. The van der Waals surface area contributed by atoms with Crippen LogP contribution in [0.15, 0.2) is 18.2 Å². The van der Waals surface area contributed by atoms with E-state index < -0.39 is 0 Å². The van der Waals surface area contributed by atoms with Crippen LogP contribution in [0.1, 0.15) is 50.8 Å². The van der Waals surface area contributed by atoms with Crippen LogP contribution in [0.4, 0.5) is 0 Å². The second-order valence-corrected chi connectivity index (χ2v) is 5.64. The summed E-state index contributed by atoms with van der Waals surface area (Å²) in [5, 5.41) is 3.62. The van der Waals surface area contributed by atoms with Crippen molar-refractivity contribution >= 4 is 0 Å². The lowest BCUT2D eigenvalue weighted by atomic mass is 10.1. The normalized spacial score (nSPS) is 17.5. The fourth-order valence-corrected chi connectivity index (χ4v) is 2.72. The number of nitrogens with one attached hydrogen (secondary N) is 1. The fraction of sp³-hybridized carbons (Fsp3) is 0.647. The molecule has 0 radical (unpaired) electrons. The Hall–Kier alpha value is -1.06. The largest absolute Gasteiger partial charge is 0.491 e. The fourth-order valence-electron chi connectivity index (χ4n) is 2.72. The zero-order valence-electron chi connectivity index (χ0n) is 12.9. The second kappa shape index (κ2) is 7.65. The third-order valence-corrected chi connectivity index (χ3v) is 3.66. The van der Waals surface area contributed by atoms with Crippen LogP contribution in [0.5, 0.6) is 5.75 Å². The maximum Gasteiger partial charge on any atom is 0.122 e. The summed E-state index contributed by atoms with van der Waals surface area (Å²) < 4.78 is 11.4. The molecular formula is C17H27NO2. The molecular weight excluding hydrogens is 250 g/mol. The Morgan fingerprint density at radius 1 is 1.30 bits per heavy atom. The summed E-state index contributed by atoms with van der Waals surface area (Å²) >= 11 is 0. The monoisotopic (exact) mass is 277 g/mol. The summed E-state index contributed by atoms with van der Waals surface area (Å²) in [4.78, 5) is 0. The van der Waals surface area contributed by atoms with Gasteiger partial charge in [0, 0.05) is 6.04 Å². The molecule has 0 aliphatic heterocycles. The zero-order chi connectivity index (χ0) is 14.4. The van der Waals surface area contributed by atoms with Gasteiger partial charge in [-0.1, -0.05) is 19.1 Å². The number of hydrogen-bond donors (Lipinski definition) is 1. The van der Waals surface area contributed by atoms with Gasteiger partial charge in [-0.05, 0) is 56.8 Å². The first kappa shape index (κ1) is 15.3. The molecule has 0 saturated heterocycles. The van der Waals surface area contributed by atoms with E-state index in [2.05, 4.69) is 30.4 Å². The van der Waals surface area contributed by atoms with Crippen molar-refractivity contribution in [3.63, 3.8) is 0 Å². The Balaban J connectivity index is 1.93. The predicted molar refractivity (Wildman–Crippen MR) is 82.4 cm³/mol. The highest BCUT2D eigenvalue weighted by Crippen LogP contribution is 2.36. The molecule has 1 aliphatic rings. The lowest BCUT2D eigenvalue weighted by molar-refractivity contribution is 0.0551. The van der Waals surface area contributed by atoms with Crippen molar-refractivity contribution < 1.29 is 9.47 Å². The third-order valence-electron chi connectivity index (χ3n) is 3.66. The number of hydrogen-bond acceptors (Lipinski definition) is 3. The molecule has 0 amide bonds. The molecule has 0 spiro atoms. The van der Waals surface area contributed by atoms with Gasteiger partial charge in [-0.2, -0.15) is 0 Å². The van der Waals surface area contributed by atoms with Crippen molar-refractivity contribution in [3.8, 4) is 5.75 Å². The van der Waals surface area contributed by atoms with Gasteiger partial charge in [0.15, 0.2) is 0 Å². The van der Waals surface area contributed by atoms with Crippen molar-refractivity contribution in [3.05, 3.63) is 29.3 Å². The Kier molecular flexibility index (Phi) is 5.86. The minimum atomic E-state index is 0.266. The number of ether oxygens (including phenoxy) is 2. The van der Waals surface area contributed by atoms with Gasteiger partial charge in [-0.25, -0.2) is 0 Å². The highest BCUT2D eigenvalue weighted by atomic mass is 16.5. The molecule has 1 unspecified atom stereocenters. The number of benzene rings is 1. The van der Waals surface area contributed by atoms with E-state index in [1.807, 2.05) is 13.8 Å². The van der Waals surface area contributed by atoms with Crippen LogP contribution in [0.3, 0.4) is 0 Å². The minimum Gasteiger partial charge on any atom is -0.491 e. The number of rotatable bonds is 8. The van der Waals surface area contributed by atoms with Gasteiger partial charge in [-0.15, -0.1) is 0 Å². The van der Waals surface area contributed by atoms with Crippen LogP contribution in [0.2, 0.25) is 0 Å². The highest BCUT2D eigenvalue weighted by molar-refractivity contribution is 5.45. The van der Waals surface area contributed by atoms with Crippen molar-refractivity contribution in [1.82, 2.24) is 5.32 Å². The quantitative estimate of drug-likeness (QED) is 0.738. The van der Waals surface area contributed by atoms with E-state index in [4.69, 9.17) is 9.47 Å². The van der Waals surface area contributed by atoms with E-state index in [0.717, 1.165) is 18.7 Å². The minimum absolute atomic E-state index is 0.266. The summed E-state index contributed by atoms with van der Waals surface area (Å²) in [5.41, 5.74) is 2.80. The van der Waals surface area contributed by atoms with Crippen LogP contribution in [-0.2, 0) is 11.2 Å². The molecule has 0 aromatic heterocycles. The van der Waals surface area contributed by atoms with E-state index in [9.17, 15) is 0 Å². The molecule has 20 heavy (non-hydrogen) atoms. The van der Waals surface area contributed by atoms with E-state index in [0.29, 0.717) is 19.3 Å². The SMILES string of the molecule is CCCNC1CCc2c(OCCOC(C)C)cccc21. The first-order chi connectivity index (χ1) is 9.72. The maximum atomic E-state index is 5.90. The molecule has 1 aromatic carbocycles. The van der Waals surface area contributed by atoms with Gasteiger partial charge in [0.25, 0.3) is 0 Å². The van der Waals surface area contributed by atoms with Gasteiger partial charge in [0.05, 0.1) is 12.7 Å². The Morgan fingerprint density at radius 3 is 2.90 bits per heavy atom. The van der Waals surface area contributed by atoms with Gasteiger partial charge in [0.1, 0.15) is 12.4 Å². The maximum absolute atomic E-state index is 5.90. The molecule has 1 aromatic rings. The van der Waals surface area contributed by atoms with Crippen LogP contribution < -0.4 is 10.1 Å². The van der Waals surface area contributed by atoms with Gasteiger partial charge in [-0.3, -0.25) is 0 Å². The van der Waals surface area contributed by atoms with E-state index >= 15 is 0 Å². The molecule has 1 aliphatic carbocycles. The molecule has 1 N–H and O–H groups in total. The highest BCUT2D eigenvalue weighted by Gasteiger charge is 2.24. The van der Waals surface area contributed by atoms with Crippen LogP contribution in [0.25, 0.3) is 0 Å². The summed E-state index contributed by atoms with van der Waals surface area (Å²) in [6.45, 7) is 8.66. The van der Waals surface area contributed by atoms with Crippen LogP contribution in [-0.4, -0.2) is 25.9 Å². The van der Waals surface area contributed by atoms with Crippen LogP contribution >= 0.6 is 0 Å². The van der Waals surface area contributed by atoms with Gasteiger partial charge >= 0.3 is 0 Å². The number of fused-ring (bicyclic) bond motifs is 1. The molecule has 2 rings (SSSR count). The first-order valence-electron chi connectivity index (χ1n) is 7.82. The van der Waals surface area contributed by atoms with Gasteiger partial charge < -0.3 is 14.8 Å². The van der Waals surface area contributed by atoms with Crippen molar-refractivity contribution in [2.45, 2.75) is 52.2 Å². The summed E-state index contributed by atoms with van der Waals surface area (Å²) in [5.74, 6) is 1.04. The van der Waals surface area contributed by atoms with Gasteiger partial charge in [0.2, 0.25) is 0 Å². The van der Waals surface area contributed by atoms with E-state index in [1.165, 1.54) is 24.0 Å². The Morgan fingerprint density at radius 2 is 2.15 bits per heavy atom. The standard InChI is InChI=1S/C17H27NO2/c1-4-10-18-16-9-8-15-14(16)6-5-7-17(15)20-12-11-19-13(2)3/h5-7,13,16,18H,4,8-12H2,1-3H3. The first-order valence-corrected chi connectivity index (χ1v) is 7.82. The summed E-state index contributed by atoms with van der Waals surface area (Å²) in [7, 11) is 0. The summed E-state index contributed by atoms with van der Waals surface area (Å²) in [6, 6.07) is 6.91. The molecule has 0 saturated carbocycles. The lowest BCUT2D eigenvalue weighted by Gasteiger charge is -2.15. The van der Waals surface area contributed by atoms with E-state index in [1.54, 1.807) is 0 Å². The average molecular weight is 277 g/mol. The zero-order valence-corrected chi connectivity index (χ0v) is 12.9. The van der Waals surface area contributed by atoms with Crippen molar-refractivity contribution in [1.29, 1.82) is 0 Å². The average Bonchev–Trinajstić information content (AvgIpc) is 2.85. The third kappa shape index (κ3) is 3.97. The molecule has 0 heterocycles. The molecule has 3 nitrogen and oxygen atoms in total. The van der Waals surface area contributed by atoms with Crippen molar-refractivity contribution in [2.75, 3.05) is 19.8 Å². The summed E-state index contributed by atoms with van der Waals surface area (Å²) in [6.07, 6.45) is 3.73. The predicted octanol–water partition coefficient (Wildman–Crippen LogP) is 3.48. The Labute approximate surface area is 122 Å². The van der Waals surface area contributed by atoms with E-state index in [-0.39, 0.29) is 6.10 Å². The second-order valence-electron chi connectivity index (χ2n) is 5.64. The molecule has 1 atom stereocenters. The lowest BCUT2D eigenvalue weighted by Crippen LogP contribution is -2.19. The van der Waals surface area contributed by atoms with Crippen molar-refractivity contribution in [2.24, 2.45) is 0 Å². The topological polar surface area (TPSA) is 30.5 Å². The Bertz CT molecular complexity index is 417. The van der Waals surface area contributed by atoms with Crippen LogP contribution in [0, 0.1) is 0 Å². The molecule has 112 valence electrons. The molecule has 0 fully saturated rings. The molecule has 3 heteroatoms.